The molecule has 1 heterocycles. The van der Waals surface area contributed by atoms with E-state index < -0.39 is 46.9 Å². The van der Waals surface area contributed by atoms with Crippen LogP contribution < -0.4 is 16.0 Å². The van der Waals surface area contributed by atoms with Gasteiger partial charge < -0.3 is 26.2 Å². The number of Topliss-reactive ketones (excluding diaryl/α,β-unsaturated/α-hetero) is 1. The van der Waals surface area contributed by atoms with E-state index in [0.717, 1.165) is 16.7 Å². The Morgan fingerprint density at radius 3 is 2.41 bits per heavy atom. The summed E-state index contributed by atoms with van der Waals surface area (Å²) in [5.41, 5.74) is 0. The number of hydrogen-bond acceptors (Lipinski definition) is 10. The number of likely N-dealkylation sites (tertiary alicyclic amines) is 1. The van der Waals surface area contributed by atoms with Crippen molar-refractivity contribution in [3.8, 4) is 0 Å². The van der Waals surface area contributed by atoms with Gasteiger partial charge in [-0.05, 0) is 6.42 Å². The lowest BCUT2D eigenvalue weighted by Crippen LogP contribution is -2.48. The maximum absolute atomic E-state index is 12.7. The van der Waals surface area contributed by atoms with E-state index in [0.29, 0.717) is 0 Å². The number of thioether (sulfide) groups is 1. The van der Waals surface area contributed by atoms with Crippen LogP contribution in [0.15, 0.2) is 0 Å². The third-order valence-corrected chi connectivity index (χ3v) is 6.48. The van der Waals surface area contributed by atoms with Gasteiger partial charge in [0, 0.05) is 57.4 Å². The van der Waals surface area contributed by atoms with Crippen LogP contribution in [0.25, 0.3) is 0 Å². The third-order valence-electron chi connectivity index (χ3n) is 4.82. The van der Waals surface area contributed by atoms with Gasteiger partial charge in [-0.15, -0.1) is 11.8 Å². The average molecular weight is 521 g/mol. The van der Waals surface area contributed by atoms with Gasteiger partial charge in [0.15, 0.2) is 5.78 Å². The Bertz CT molecular complexity index is 767. The molecule has 0 aromatic rings. The molecular weight excluding hydrogens is 488 g/mol. The first-order valence-corrected chi connectivity index (χ1v) is 12.5. The Hall–Kier alpha value is -2.16. The Kier molecular flexibility index (Phi) is 13.8. The molecule has 1 fully saturated rings. The number of aliphatic hydroxyl groups is 2. The number of hydrogen-bond donors (Lipinski definition) is 6. The van der Waals surface area contributed by atoms with Crippen molar-refractivity contribution in [1.82, 2.24) is 20.9 Å². The molecule has 0 bridgehead atoms. The summed E-state index contributed by atoms with van der Waals surface area (Å²) in [4.78, 5) is 73.7. The van der Waals surface area contributed by atoms with Crippen molar-refractivity contribution < 1.29 is 39.0 Å². The van der Waals surface area contributed by atoms with Crippen molar-refractivity contribution in [2.24, 2.45) is 0 Å². The number of thiol groups is 1. The predicted octanol–water partition coefficient (Wildman–Crippen LogP) is -2.39. The van der Waals surface area contributed by atoms with Crippen LogP contribution in [0.3, 0.4) is 0 Å². The van der Waals surface area contributed by atoms with Crippen LogP contribution >= 0.6 is 24.4 Å². The number of imide groups is 1. The molecule has 5 amide bonds. The summed E-state index contributed by atoms with van der Waals surface area (Å²) in [7, 11) is 0. The van der Waals surface area contributed by atoms with Crippen LogP contribution in [0.5, 0.6) is 0 Å². The number of nitrogens with one attached hydrogen (secondary N) is 3. The number of carbonyl (C=O) groups excluding carboxylic acids is 6. The van der Waals surface area contributed by atoms with E-state index in [1.165, 1.54) is 6.92 Å². The number of aliphatic hydroxyl groups excluding tert-OH is 2. The molecule has 1 aliphatic rings. The quantitative estimate of drug-likeness (QED) is 0.0955. The Labute approximate surface area is 207 Å². The lowest BCUT2D eigenvalue weighted by molar-refractivity contribution is -0.139. The lowest BCUT2D eigenvalue weighted by atomic mass is 10.1. The molecule has 0 radical (unpaired) electrons. The molecule has 1 saturated heterocycles. The molecule has 0 aliphatic carbocycles. The van der Waals surface area contributed by atoms with E-state index in [1.54, 1.807) is 0 Å². The molecule has 0 saturated carbocycles. The highest BCUT2D eigenvalue weighted by Gasteiger charge is 2.39. The highest BCUT2D eigenvalue weighted by atomic mass is 32.2. The lowest BCUT2D eigenvalue weighted by Gasteiger charge is -2.19. The summed E-state index contributed by atoms with van der Waals surface area (Å²) in [6.07, 6.45) is 0.0851. The van der Waals surface area contributed by atoms with Gasteiger partial charge in [-0.2, -0.15) is 12.6 Å². The molecule has 0 spiro atoms. The second-order valence-corrected chi connectivity index (χ2v) is 9.12. The topological polar surface area (TPSA) is 182 Å². The first-order valence-electron chi connectivity index (χ1n) is 10.8. The van der Waals surface area contributed by atoms with Gasteiger partial charge in [0.05, 0.1) is 17.9 Å². The Balaban J connectivity index is 2.60. The zero-order valence-corrected chi connectivity index (χ0v) is 20.7. The first kappa shape index (κ1) is 29.9. The van der Waals surface area contributed by atoms with Gasteiger partial charge >= 0.3 is 0 Å². The molecule has 12 nitrogen and oxygen atoms in total. The number of carbonyl (C=O) groups is 6. The van der Waals surface area contributed by atoms with E-state index in [1.807, 2.05) is 0 Å². The van der Waals surface area contributed by atoms with Gasteiger partial charge in [0.2, 0.25) is 29.5 Å². The largest absolute Gasteiger partial charge is 0.396 e. The molecule has 3 atom stereocenters. The summed E-state index contributed by atoms with van der Waals surface area (Å²) in [6, 6.07) is -1.77. The highest BCUT2D eigenvalue weighted by molar-refractivity contribution is 8.00. The van der Waals surface area contributed by atoms with Gasteiger partial charge in [0.25, 0.3) is 0 Å². The molecule has 1 aliphatic heterocycles. The molecule has 5 N–H and O–H groups in total. The van der Waals surface area contributed by atoms with Crippen molar-refractivity contribution in [1.29, 1.82) is 0 Å². The summed E-state index contributed by atoms with van der Waals surface area (Å²) in [5, 5.41) is 24.3. The molecule has 1 rings (SSSR count). The second-order valence-electron chi connectivity index (χ2n) is 7.52. The fourth-order valence-corrected chi connectivity index (χ4v) is 4.58. The number of rotatable bonds is 16. The van der Waals surface area contributed by atoms with E-state index in [2.05, 4.69) is 28.6 Å². The minimum Gasteiger partial charge on any atom is -0.396 e. The second kappa shape index (κ2) is 15.7. The summed E-state index contributed by atoms with van der Waals surface area (Å²) >= 11 is 5.10. The van der Waals surface area contributed by atoms with E-state index >= 15 is 0 Å². The summed E-state index contributed by atoms with van der Waals surface area (Å²) < 4.78 is 0. The zero-order valence-electron chi connectivity index (χ0n) is 18.9. The van der Waals surface area contributed by atoms with Crippen molar-refractivity contribution >= 4 is 59.7 Å². The molecule has 3 unspecified atom stereocenters. The molecule has 192 valence electrons. The van der Waals surface area contributed by atoms with E-state index in [-0.39, 0.29) is 69.3 Å². The molecule has 34 heavy (non-hydrogen) atoms. The maximum atomic E-state index is 12.7. The fourth-order valence-electron chi connectivity index (χ4n) is 3.10. The number of amides is 5. The monoisotopic (exact) mass is 520 g/mol. The first-order chi connectivity index (χ1) is 16.1. The van der Waals surface area contributed by atoms with Crippen LogP contribution in [0, 0.1) is 0 Å². The number of ketones is 1. The van der Waals surface area contributed by atoms with Gasteiger partial charge in [-0.3, -0.25) is 33.7 Å². The molecule has 0 aromatic heterocycles. The van der Waals surface area contributed by atoms with Crippen LogP contribution in [-0.4, -0.2) is 106 Å². The van der Waals surface area contributed by atoms with Crippen LogP contribution in [-0.2, 0) is 28.8 Å². The van der Waals surface area contributed by atoms with Crippen molar-refractivity contribution in [2.45, 2.75) is 49.9 Å². The smallest absolute Gasteiger partial charge is 0.243 e. The van der Waals surface area contributed by atoms with Gasteiger partial charge in [-0.25, -0.2) is 0 Å². The van der Waals surface area contributed by atoms with Crippen molar-refractivity contribution in [3.05, 3.63) is 0 Å². The van der Waals surface area contributed by atoms with Gasteiger partial charge in [-0.1, -0.05) is 0 Å². The van der Waals surface area contributed by atoms with Crippen LogP contribution in [0.1, 0.15) is 32.6 Å². The third kappa shape index (κ3) is 9.99. The minimum atomic E-state index is -0.946. The van der Waals surface area contributed by atoms with Crippen LogP contribution in [0.4, 0.5) is 0 Å². The highest BCUT2D eigenvalue weighted by Crippen LogP contribution is 2.26. The standard InChI is InChI=1S/C20H32N4O8S2/c1-12(27)22-14(19(31)21-5-8-26)11-34-16-9-18(30)24(20(16)32)6-4-17(29)23-13(10-33)15(28)3-2-7-25/h13-14,16,25-26,33H,2-11H2,1H3,(H,21,31)(H,22,27)(H,23,29). The SMILES string of the molecule is CC(=O)NC(CSC1CC(=O)N(CCC(=O)NC(CS)C(=O)CCCO)C1=O)C(=O)NCCO. The average Bonchev–Trinajstić information content (AvgIpc) is 3.07. The Morgan fingerprint density at radius 1 is 1.12 bits per heavy atom. The molecular formula is C20H32N4O8S2. The Morgan fingerprint density at radius 2 is 1.82 bits per heavy atom. The normalized spacial score (nSPS) is 17.3. The van der Waals surface area contributed by atoms with E-state index in [4.69, 9.17) is 10.2 Å². The zero-order chi connectivity index (χ0) is 25.7. The van der Waals surface area contributed by atoms with Crippen LogP contribution in [0.2, 0.25) is 0 Å². The predicted molar refractivity (Wildman–Crippen MR) is 127 cm³/mol. The molecule has 14 heteroatoms. The fraction of sp³-hybridized carbons (Fsp3) is 0.700. The summed E-state index contributed by atoms with van der Waals surface area (Å²) in [6.45, 7) is 0.687. The van der Waals surface area contributed by atoms with Crippen molar-refractivity contribution in [3.63, 3.8) is 0 Å². The molecule has 0 aromatic carbocycles. The number of nitrogens with zero attached hydrogens (tertiary/aromatic N) is 1. The van der Waals surface area contributed by atoms with Crippen molar-refractivity contribution in [2.75, 3.05) is 37.8 Å². The van der Waals surface area contributed by atoms with E-state index in [9.17, 15) is 28.8 Å². The summed E-state index contributed by atoms with van der Waals surface area (Å²) in [5.74, 6) is -2.58. The van der Waals surface area contributed by atoms with Gasteiger partial charge in [0.1, 0.15) is 6.04 Å². The maximum Gasteiger partial charge on any atom is 0.243 e. The minimum absolute atomic E-state index is 0.0113.